The van der Waals surface area contributed by atoms with Crippen molar-refractivity contribution in [2.24, 2.45) is 0 Å². The Morgan fingerprint density at radius 3 is 2.22 bits per heavy atom. The normalized spacial score (nSPS) is 17.9. The molecule has 0 aliphatic heterocycles. The van der Waals surface area contributed by atoms with E-state index in [-0.39, 0.29) is 0 Å². The van der Waals surface area contributed by atoms with Gasteiger partial charge in [0.15, 0.2) is 0 Å². The molecule has 0 saturated heterocycles. The summed E-state index contributed by atoms with van der Waals surface area (Å²) >= 11 is 0. The third-order valence-corrected chi connectivity index (χ3v) is 0.827. The molecule has 0 aliphatic rings. The number of halogens is 3. The minimum Gasteiger partial charge on any atom is -0.299 e. The minimum atomic E-state index is -5.20. The first kappa shape index (κ1) is 8.94. The van der Waals surface area contributed by atoms with Gasteiger partial charge in [-0.1, -0.05) is 0 Å². The summed E-state index contributed by atoms with van der Waals surface area (Å²) in [6.45, 7) is -1.36. The highest BCUT2D eigenvalue weighted by atomic mass is 31.2. The molecule has 56 valence electrons. The molecule has 0 spiro atoms. The third kappa shape index (κ3) is 7.94. The van der Waals surface area contributed by atoms with Gasteiger partial charge in [-0.05, 0) is 0 Å². The van der Waals surface area contributed by atoms with E-state index in [2.05, 4.69) is 4.52 Å². The van der Waals surface area contributed by atoms with E-state index in [1.165, 1.54) is 0 Å². The van der Waals surface area contributed by atoms with Crippen molar-refractivity contribution in [3.8, 4) is 0 Å². The lowest BCUT2D eigenvalue weighted by molar-refractivity contribution is 0.0689. The van der Waals surface area contributed by atoms with Crippen molar-refractivity contribution < 1.29 is 27.0 Å². The molecule has 0 heterocycles. The number of alkyl halides is 2. The van der Waals surface area contributed by atoms with Gasteiger partial charge < -0.3 is 0 Å². The molecule has 0 amide bonds. The van der Waals surface area contributed by atoms with Gasteiger partial charge in [0.2, 0.25) is 0 Å². The fourth-order valence-corrected chi connectivity index (χ4v) is 0.445. The second kappa shape index (κ2) is 3.20. The number of hydrogen-bond acceptors (Lipinski definition) is 2. The Balaban J connectivity index is 3.40. The quantitative estimate of drug-likeness (QED) is 0.640. The number of rotatable bonds is 3. The van der Waals surface area contributed by atoms with Gasteiger partial charge in [0, 0.05) is 0 Å². The third-order valence-electron chi connectivity index (χ3n) is 0.360. The Hall–Kier alpha value is -0.0600. The van der Waals surface area contributed by atoms with Gasteiger partial charge in [0.25, 0.3) is 6.43 Å². The van der Waals surface area contributed by atoms with Crippen molar-refractivity contribution in [2.45, 2.75) is 6.43 Å². The Morgan fingerprint density at radius 1 is 1.67 bits per heavy atom. The van der Waals surface area contributed by atoms with E-state index in [4.69, 9.17) is 4.89 Å². The summed E-state index contributed by atoms with van der Waals surface area (Å²) in [7, 11) is -5.20. The lowest BCUT2D eigenvalue weighted by atomic mass is 10.8. The predicted molar refractivity (Wildman–Crippen MR) is 22.9 cm³/mol. The molecule has 3 nitrogen and oxygen atoms in total. The summed E-state index contributed by atoms with van der Waals surface area (Å²) in [5.74, 6) is 0. The second-order valence-electron chi connectivity index (χ2n) is 1.14. The molecule has 7 heteroatoms. The Bertz CT molecular complexity index is 120. The summed E-state index contributed by atoms with van der Waals surface area (Å²) in [6, 6.07) is 0. The highest BCUT2D eigenvalue weighted by molar-refractivity contribution is 7.46. The van der Waals surface area contributed by atoms with Crippen LogP contribution in [0.4, 0.5) is 13.0 Å². The van der Waals surface area contributed by atoms with E-state index < -0.39 is 20.9 Å². The maximum Gasteiger partial charge on any atom is 0.510 e. The molecule has 9 heavy (non-hydrogen) atoms. The molecule has 0 fully saturated rings. The van der Waals surface area contributed by atoms with Gasteiger partial charge in [-0.2, -0.15) is 0 Å². The molecular weight excluding hydrogens is 160 g/mol. The molecule has 0 rings (SSSR count). The Kier molecular flexibility index (Phi) is 3.17. The molecule has 1 atom stereocenters. The topological polar surface area (TPSA) is 46.5 Å². The van der Waals surface area contributed by atoms with Crippen LogP contribution in [0.5, 0.6) is 0 Å². The smallest absolute Gasteiger partial charge is 0.299 e. The van der Waals surface area contributed by atoms with Crippen molar-refractivity contribution in [3.63, 3.8) is 0 Å². The SMILES string of the molecule is O=P(O)(F)OCC(F)F. The summed E-state index contributed by atoms with van der Waals surface area (Å²) in [6.07, 6.45) is -2.93. The lowest BCUT2D eigenvalue weighted by Gasteiger charge is -1.99. The molecule has 0 aliphatic carbocycles. The standard InChI is InChI=1S/C2H4F3O3P/c3-2(4)1-8-9(5,6)7/h2H,1H2,(H,6,7). The summed E-state index contributed by atoms with van der Waals surface area (Å²) in [5.41, 5.74) is 0. The highest BCUT2D eigenvalue weighted by Gasteiger charge is 2.19. The summed E-state index contributed by atoms with van der Waals surface area (Å²) in [4.78, 5) is 7.60. The zero-order valence-corrected chi connectivity index (χ0v) is 5.02. The first-order chi connectivity index (χ1) is 3.92. The fraction of sp³-hybridized carbons (Fsp3) is 1.00. The van der Waals surface area contributed by atoms with Gasteiger partial charge in [0.1, 0.15) is 6.61 Å². The van der Waals surface area contributed by atoms with Crippen LogP contribution < -0.4 is 0 Å². The maximum atomic E-state index is 11.3. The molecule has 0 aromatic heterocycles. The molecule has 0 aromatic rings. The van der Waals surface area contributed by atoms with Gasteiger partial charge in [-0.15, -0.1) is 4.20 Å². The molecule has 0 aromatic carbocycles. The van der Waals surface area contributed by atoms with E-state index in [9.17, 15) is 17.5 Å². The maximum absolute atomic E-state index is 11.3. The van der Waals surface area contributed by atoms with Crippen LogP contribution in [0.15, 0.2) is 0 Å². The molecule has 1 N–H and O–H groups in total. The van der Waals surface area contributed by atoms with Crippen molar-refractivity contribution >= 4 is 7.91 Å². The van der Waals surface area contributed by atoms with Crippen molar-refractivity contribution in [3.05, 3.63) is 0 Å². The zero-order chi connectivity index (χ0) is 7.49. The van der Waals surface area contributed by atoms with Crippen molar-refractivity contribution in [2.75, 3.05) is 6.61 Å². The minimum absolute atomic E-state index is 1.36. The van der Waals surface area contributed by atoms with Gasteiger partial charge in [0.05, 0.1) is 0 Å². The van der Waals surface area contributed by atoms with Crippen molar-refractivity contribution in [1.29, 1.82) is 0 Å². The Morgan fingerprint density at radius 2 is 2.11 bits per heavy atom. The molecule has 0 bridgehead atoms. The highest BCUT2D eigenvalue weighted by Crippen LogP contribution is 2.43. The molecule has 0 radical (unpaired) electrons. The average Bonchev–Trinajstić information content (AvgIpc) is 1.59. The average molecular weight is 164 g/mol. The first-order valence-electron chi connectivity index (χ1n) is 1.87. The van der Waals surface area contributed by atoms with Crippen LogP contribution in [0.2, 0.25) is 0 Å². The van der Waals surface area contributed by atoms with Crippen LogP contribution in [-0.2, 0) is 9.09 Å². The second-order valence-corrected chi connectivity index (χ2v) is 2.30. The monoisotopic (exact) mass is 164 g/mol. The first-order valence-corrected chi connectivity index (χ1v) is 3.34. The van der Waals surface area contributed by atoms with E-state index in [1.807, 2.05) is 0 Å². The van der Waals surface area contributed by atoms with E-state index in [0.717, 1.165) is 0 Å². The van der Waals surface area contributed by atoms with E-state index in [0.29, 0.717) is 0 Å². The van der Waals surface area contributed by atoms with Gasteiger partial charge >= 0.3 is 7.91 Å². The summed E-state index contributed by atoms with van der Waals surface area (Å²) in [5, 5.41) is 0. The van der Waals surface area contributed by atoms with Crippen LogP contribution in [-0.4, -0.2) is 17.9 Å². The van der Waals surface area contributed by atoms with Crippen LogP contribution in [0.1, 0.15) is 0 Å². The summed E-state index contributed by atoms with van der Waals surface area (Å²) < 4.78 is 46.0. The zero-order valence-electron chi connectivity index (χ0n) is 4.13. The van der Waals surface area contributed by atoms with Gasteiger partial charge in [-0.25, -0.2) is 13.3 Å². The molecule has 1 unspecified atom stereocenters. The Labute approximate surface area is 49.1 Å². The molecule has 0 saturated carbocycles. The van der Waals surface area contributed by atoms with Crippen LogP contribution >= 0.6 is 7.91 Å². The van der Waals surface area contributed by atoms with Crippen molar-refractivity contribution in [1.82, 2.24) is 0 Å². The van der Waals surface area contributed by atoms with E-state index >= 15 is 0 Å². The lowest BCUT2D eigenvalue weighted by Crippen LogP contribution is -2.00. The van der Waals surface area contributed by atoms with Gasteiger partial charge in [-0.3, -0.25) is 9.42 Å². The van der Waals surface area contributed by atoms with E-state index in [1.54, 1.807) is 0 Å². The van der Waals surface area contributed by atoms with Crippen LogP contribution in [0.25, 0.3) is 0 Å². The van der Waals surface area contributed by atoms with Crippen LogP contribution in [0, 0.1) is 0 Å². The van der Waals surface area contributed by atoms with Crippen LogP contribution in [0.3, 0.4) is 0 Å². The molecular formula is C2H4F3O3P. The fourth-order valence-electron chi connectivity index (χ4n) is 0.148. The predicted octanol–water partition coefficient (Wildman–Crippen LogP) is 1.34. The number of hydrogen-bond donors (Lipinski definition) is 1. The largest absolute Gasteiger partial charge is 0.510 e.